The van der Waals surface area contributed by atoms with Crippen molar-refractivity contribution in [1.82, 2.24) is 0 Å². The average Bonchev–Trinajstić information content (AvgIpc) is 2.71. The first-order valence-electron chi connectivity index (χ1n) is 8.54. The van der Waals surface area contributed by atoms with Gasteiger partial charge in [-0.25, -0.2) is 0 Å². The molecule has 0 fully saturated rings. The fourth-order valence-corrected chi connectivity index (χ4v) is 3.31. The second-order valence-corrected chi connectivity index (χ2v) is 6.13. The van der Waals surface area contributed by atoms with Crippen molar-refractivity contribution in [1.29, 1.82) is 0 Å². The molecule has 0 heterocycles. The normalized spacial score (nSPS) is 11.3. The van der Waals surface area contributed by atoms with Crippen LogP contribution in [0.1, 0.15) is 15.9 Å². The van der Waals surface area contributed by atoms with E-state index < -0.39 is 0 Å². The van der Waals surface area contributed by atoms with Gasteiger partial charge < -0.3 is 4.74 Å². The number of hydrogen-bond acceptors (Lipinski definition) is 2. The zero-order valence-electron chi connectivity index (χ0n) is 14.5. The number of methoxy groups -OCH3 is 1. The minimum atomic E-state index is -0.0689. The van der Waals surface area contributed by atoms with E-state index in [0.29, 0.717) is 11.3 Å². The Balaban J connectivity index is 1.74. The van der Waals surface area contributed by atoms with Crippen molar-refractivity contribution in [2.75, 3.05) is 7.11 Å². The second-order valence-electron chi connectivity index (χ2n) is 6.13. The number of carbonyl (C=O) groups excluding carboxylic acids is 1. The summed E-state index contributed by atoms with van der Waals surface area (Å²) in [6.07, 6.45) is 3.49. The molecule has 0 amide bonds. The van der Waals surface area contributed by atoms with Crippen LogP contribution >= 0.6 is 0 Å². The van der Waals surface area contributed by atoms with Gasteiger partial charge in [0.15, 0.2) is 5.78 Å². The number of fused-ring (bicyclic) bond motifs is 2. The third-order valence-electron chi connectivity index (χ3n) is 4.59. The van der Waals surface area contributed by atoms with E-state index in [9.17, 15) is 4.79 Å². The minimum absolute atomic E-state index is 0.0689. The zero-order valence-corrected chi connectivity index (χ0v) is 14.5. The van der Waals surface area contributed by atoms with Gasteiger partial charge >= 0.3 is 0 Å². The molecule has 0 N–H and O–H groups in total. The monoisotopic (exact) mass is 338 g/mol. The molecule has 26 heavy (non-hydrogen) atoms. The van der Waals surface area contributed by atoms with Crippen LogP contribution in [0.3, 0.4) is 0 Å². The third kappa shape index (κ3) is 2.86. The van der Waals surface area contributed by atoms with E-state index in [1.54, 1.807) is 13.2 Å². The highest BCUT2D eigenvalue weighted by atomic mass is 16.5. The molecule has 0 saturated heterocycles. The Morgan fingerprint density at radius 2 is 1.42 bits per heavy atom. The maximum absolute atomic E-state index is 12.8. The smallest absolute Gasteiger partial charge is 0.189 e. The summed E-state index contributed by atoms with van der Waals surface area (Å²) in [6.45, 7) is 0. The Hall–Kier alpha value is -3.39. The summed E-state index contributed by atoms with van der Waals surface area (Å²) < 4.78 is 5.55. The number of allylic oxidation sites excluding steroid dienone is 1. The van der Waals surface area contributed by atoms with Crippen LogP contribution in [0.25, 0.3) is 27.6 Å². The van der Waals surface area contributed by atoms with Gasteiger partial charge in [-0.2, -0.15) is 0 Å². The predicted molar refractivity (Wildman–Crippen MR) is 108 cm³/mol. The largest absolute Gasteiger partial charge is 0.495 e. The van der Waals surface area contributed by atoms with E-state index in [1.807, 2.05) is 66.7 Å². The molecular formula is C24H18O2. The Labute approximate surface area is 152 Å². The summed E-state index contributed by atoms with van der Waals surface area (Å²) in [5.74, 6) is 0.552. The van der Waals surface area contributed by atoms with Crippen molar-refractivity contribution in [2.45, 2.75) is 0 Å². The molecule has 0 aliphatic carbocycles. The highest BCUT2D eigenvalue weighted by Gasteiger charge is 2.13. The standard InChI is InChI=1S/C24H18O2/c1-26-24-21-12-5-3-8-19(21)13-15-22(24)23(25)16-14-18-10-6-9-17-7-2-4-11-20(17)18/h2-16H,1H3/b16-14-. The van der Waals surface area contributed by atoms with E-state index in [2.05, 4.69) is 18.2 Å². The summed E-state index contributed by atoms with van der Waals surface area (Å²) in [7, 11) is 1.60. The van der Waals surface area contributed by atoms with Gasteiger partial charge in [0, 0.05) is 5.39 Å². The second kappa shape index (κ2) is 6.85. The van der Waals surface area contributed by atoms with Crippen LogP contribution in [0.5, 0.6) is 5.75 Å². The third-order valence-corrected chi connectivity index (χ3v) is 4.59. The molecule has 2 heteroatoms. The lowest BCUT2D eigenvalue weighted by atomic mass is 10.0. The highest BCUT2D eigenvalue weighted by molar-refractivity contribution is 6.12. The number of ether oxygens (including phenoxy) is 1. The Kier molecular flexibility index (Phi) is 4.24. The molecule has 0 unspecified atom stereocenters. The molecule has 0 bridgehead atoms. The minimum Gasteiger partial charge on any atom is -0.495 e. The summed E-state index contributed by atoms with van der Waals surface area (Å²) in [4.78, 5) is 12.8. The average molecular weight is 338 g/mol. The zero-order chi connectivity index (χ0) is 17.9. The van der Waals surface area contributed by atoms with Gasteiger partial charge in [0.05, 0.1) is 12.7 Å². The van der Waals surface area contributed by atoms with Crippen LogP contribution in [0.15, 0.2) is 84.9 Å². The van der Waals surface area contributed by atoms with Gasteiger partial charge in [0.1, 0.15) is 5.75 Å². The van der Waals surface area contributed by atoms with Crippen LogP contribution < -0.4 is 4.74 Å². The van der Waals surface area contributed by atoms with E-state index in [0.717, 1.165) is 27.1 Å². The van der Waals surface area contributed by atoms with Crippen LogP contribution in [-0.2, 0) is 0 Å². The maximum Gasteiger partial charge on any atom is 0.189 e. The van der Waals surface area contributed by atoms with Gasteiger partial charge in [-0.05, 0) is 33.9 Å². The summed E-state index contributed by atoms with van der Waals surface area (Å²) in [5.41, 5.74) is 1.60. The van der Waals surface area contributed by atoms with Crippen molar-refractivity contribution < 1.29 is 9.53 Å². The topological polar surface area (TPSA) is 26.3 Å². The van der Waals surface area contributed by atoms with Crippen molar-refractivity contribution in [3.8, 4) is 5.75 Å². The fraction of sp³-hybridized carbons (Fsp3) is 0.0417. The van der Waals surface area contributed by atoms with Gasteiger partial charge in [-0.3, -0.25) is 4.79 Å². The lowest BCUT2D eigenvalue weighted by Crippen LogP contribution is -1.99. The molecule has 0 saturated carbocycles. The first kappa shape index (κ1) is 16.1. The quantitative estimate of drug-likeness (QED) is 0.342. The highest BCUT2D eigenvalue weighted by Crippen LogP contribution is 2.30. The van der Waals surface area contributed by atoms with Crippen LogP contribution in [0.2, 0.25) is 0 Å². The van der Waals surface area contributed by atoms with Gasteiger partial charge in [0.2, 0.25) is 0 Å². The molecule has 4 rings (SSSR count). The molecular weight excluding hydrogens is 320 g/mol. The molecule has 126 valence electrons. The van der Waals surface area contributed by atoms with E-state index in [-0.39, 0.29) is 5.78 Å². The number of benzene rings is 4. The maximum atomic E-state index is 12.8. The number of hydrogen-bond donors (Lipinski definition) is 0. The van der Waals surface area contributed by atoms with Crippen LogP contribution in [-0.4, -0.2) is 12.9 Å². The molecule has 0 radical (unpaired) electrons. The number of carbonyl (C=O) groups is 1. The molecule has 0 atom stereocenters. The van der Waals surface area contributed by atoms with Gasteiger partial charge in [-0.1, -0.05) is 78.9 Å². The summed E-state index contributed by atoms with van der Waals surface area (Å²) >= 11 is 0. The summed E-state index contributed by atoms with van der Waals surface area (Å²) in [6, 6.07) is 25.9. The summed E-state index contributed by atoms with van der Waals surface area (Å²) in [5, 5.41) is 4.29. The molecule has 0 spiro atoms. The van der Waals surface area contributed by atoms with Crippen molar-refractivity contribution in [3.05, 3.63) is 96.1 Å². The lowest BCUT2D eigenvalue weighted by Gasteiger charge is -2.09. The molecule has 0 aromatic heterocycles. The Morgan fingerprint density at radius 1 is 0.769 bits per heavy atom. The van der Waals surface area contributed by atoms with E-state index in [1.165, 1.54) is 0 Å². The molecule has 4 aromatic rings. The predicted octanol–water partition coefficient (Wildman–Crippen LogP) is 5.90. The lowest BCUT2D eigenvalue weighted by molar-refractivity contribution is 0.104. The van der Waals surface area contributed by atoms with E-state index in [4.69, 9.17) is 4.74 Å². The number of rotatable bonds is 4. The Bertz CT molecular complexity index is 1130. The Morgan fingerprint density at radius 3 is 2.19 bits per heavy atom. The first-order chi connectivity index (χ1) is 12.8. The number of ketones is 1. The molecule has 0 aliphatic heterocycles. The fourth-order valence-electron chi connectivity index (χ4n) is 3.31. The SMILES string of the molecule is COc1c(C(=O)/C=C\c2cccc3ccccc23)ccc2ccccc12. The first-order valence-corrected chi connectivity index (χ1v) is 8.54. The molecule has 4 aromatic carbocycles. The van der Waals surface area contributed by atoms with Gasteiger partial charge in [-0.15, -0.1) is 0 Å². The van der Waals surface area contributed by atoms with Crippen LogP contribution in [0, 0.1) is 0 Å². The van der Waals surface area contributed by atoms with Crippen molar-refractivity contribution in [3.63, 3.8) is 0 Å². The van der Waals surface area contributed by atoms with Crippen molar-refractivity contribution >= 4 is 33.4 Å². The van der Waals surface area contributed by atoms with Crippen molar-refractivity contribution in [2.24, 2.45) is 0 Å². The van der Waals surface area contributed by atoms with Gasteiger partial charge in [0.25, 0.3) is 0 Å². The molecule has 2 nitrogen and oxygen atoms in total. The van der Waals surface area contributed by atoms with Crippen LogP contribution in [0.4, 0.5) is 0 Å². The molecule has 0 aliphatic rings. The van der Waals surface area contributed by atoms with E-state index >= 15 is 0 Å².